The molecule has 0 radical (unpaired) electrons. The molecular formula is C29H32N6O3. The van der Waals surface area contributed by atoms with Gasteiger partial charge in [-0.1, -0.05) is 25.1 Å². The number of rotatable bonds is 8. The number of hydrogen-bond acceptors (Lipinski definition) is 8. The molecule has 0 spiro atoms. The maximum absolute atomic E-state index is 6.53. The van der Waals surface area contributed by atoms with Gasteiger partial charge in [0.15, 0.2) is 11.5 Å². The SMILES string of the molecule is CCc1cc(CNC)ccc1Nc1nc(OC2CCOCC2)c2c(-c3ccc4nc(C)oc4c3)c[nH]c2n1. The van der Waals surface area contributed by atoms with Crippen LogP contribution in [-0.2, 0) is 17.7 Å². The van der Waals surface area contributed by atoms with Crippen molar-refractivity contribution in [3.05, 3.63) is 59.6 Å². The lowest BCUT2D eigenvalue weighted by Gasteiger charge is -2.23. The molecule has 0 aliphatic carbocycles. The second-order valence-corrected chi connectivity index (χ2v) is 9.62. The summed E-state index contributed by atoms with van der Waals surface area (Å²) in [6, 6.07) is 12.4. The lowest BCUT2D eigenvalue weighted by Crippen LogP contribution is -2.26. The third kappa shape index (κ3) is 4.82. The third-order valence-corrected chi connectivity index (χ3v) is 6.93. The summed E-state index contributed by atoms with van der Waals surface area (Å²) in [6.07, 6.45) is 4.52. The number of nitrogens with one attached hydrogen (secondary N) is 3. The summed E-state index contributed by atoms with van der Waals surface area (Å²) in [5.41, 5.74) is 7.65. The van der Waals surface area contributed by atoms with E-state index in [4.69, 9.17) is 23.9 Å². The number of fused-ring (bicyclic) bond motifs is 2. The van der Waals surface area contributed by atoms with Crippen LogP contribution in [0.5, 0.6) is 5.88 Å². The second kappa shape index (κ2) is 10.4. The van der Waals surface area contributed by atoms with Crippen molar-refractivity contribution in [1.82, 2.24) is 25.3 Å². The molecule has 38 heavy (non-hydrogen) atoms. The minimum Gasteiger partial charge on any atom is -0.474 e. The lowest BCUT2D eigenvalue weighted by molar-refractivity contribution is 0.0244. The van der Waals surface area contributed by atoms with Crippen LogP contribution in [0.4, 0.5) is 11.6 Å². The molecule has 9 nitrogen and oxygen atoms in total. The van der Waals surface area contributed by atoms with Crippen LogP contribution in [0.1, 0.15) is 36.8 Å². The maximum Gasteiger partial charge on any atom is 0.232 e. The molecule has 4 heterocycles. The third-order valence-electron chi connectivity index (χ3n) is 6.93. The van der Waals surface area contributed by atoms with Crippen LogP contribution >= 0.6 is 0 Å². The van der Waals surface area contributed by atoms with E-state index in [1.54, 1.807) is 0 Å². The summed E-state index contributed by atoms with van der Waals surface area (Å²) in [6.45, 7) is 6.20. The van der Waals surface area contributed by atoms with Crippen molar-refractivity contribution in [2.24, 2.45) is 0 Å². The molecule has 2 aromatic carbocycles. The van der Waals surface area contributed by atoms with Gasteiger partial charge in [0.2, 0.25) is 11.8 Å². The van der Waals surface area contributed by atoms with Gasteiger partial charge in [-0.3, -0.25) is 0 Å². The number of nitrogens with zero attached hydrogens (tertiary/aromatic N) is 3. The lowest BCUT2D eigenvalue weighted by atomic mass is 10.1. The van der Waals surface area contributed by atoms with Gasteiger partial charge in [-0.2, -0.15) is 9.97 Å². The molecule has 0 saturated carbocycles. The molecule has 3 aromatic heterocycles. The Kier molecular flexibility index (Phi) is 6.70. The van der Waals surface area contributed by atoms with Gasteiger partial charge < -0.3 is 29.5 Å². The van der Waals surface area contributed by atoms with Crippen molar-refractivity contribution < 1.29 is 13.9 Å². The van der Waals surface area contributed by atoms with Crippen LogP contribution in [-0.4, -0.2) is 46.3 Å². The zero-order chi connectivity index (χ0) is 26.1. The monoisotopic (exact) mass is 512 g/mol. The topological polar surface area (TPSA) is 110 Å². The molecule has 0 bridgehead atoms. The molecule has 1 fully saturated rings. The van der Waals surface area contributed by atoms with Crippen LogP contribution in [0, 0.1) is 6.92 Å². The summed E-state index contributed by atoms with van der Waals surface area (Å²) in [5.74, 6) is 1.69. The van der Waals surface area contributed by atoms with Crippen molar-refractivity contribution in [2.45, 2.75) is 45.8 Å². The highest BCUT2D eigenvalue weighted by Crippen LogP contribution is 2.37. The van der Waals surface area contributed by atoms with Crippen molar-refractivity contribution >= 4 is 33.8 Å². The van der Waals surface area contributed by atoms with Crippen molar-refractivity contribution in [1.29, 1.82) is 0 Å². The largest absolute Gasteiger partial charge is 0.474 e. The average molecular weight is 513 g/mol. The number of ether oxygens (including phenoxy) is 2. The number of hydrogen-bond donors (Lipinski definition) is 3. The van der Waals surface area contributed by atoms with E-state index in [0.717, 1.165) is 59.1 Å². The number of H-pyrrole nitrogens is 1. The van der Waals surface area contributed by atoms with Gasteiger partial charge in [0.05, 0.1) is 18.6 Å². The van der Waals surface area contributed by atoms with Crippen LogP contribution in [0.25, 0.3) is 33.3 Å². The van der Waals surface area contributed by atoms with E-state index >= 15 is 0 Å². The summed E-state index contributed by atoms with van der Waals surface area (Å²) < 4.78 is 17.9. The molecule has 1 aliphatic heterocycles. The summed E-state index contributed by atoms with van der Waals surface area (Å²) >= 11 is 0. The Morgan fingerprint density at radius 3 is 2.76 bits per heavy atom. The van der Waals surface area contributed by atoms with E-state index in [9.17, 15) is 0 Å². The number of aromatic amines is 1. The summed E-state index contributed by atoms with van der Waals surface area (Å²) in [4.78, 5) is 17.5. The molecule has 1 saturated heterocycles. The molecule has 6 rings (SSSR count). The number of anilines is 2. The first-order valence-electron chi connectivity index (χ1n) is 13.2. The molecular weight excluding hydrogens is 480 g/mol. The van der Waals surface area contributed by atoms with Gasteiger partial charge in [0, 0.05) is 43.8 Å². The fraction of sp³-hybridized carbons (Fsp3) is 0.345. The zero-order valence-electron chi connectivity index (χ0n) is 21.9. The van der Waals surface area contributed by atoms with Crippen molar-refractivity contribution in [2.75, 3.05) is 25.6 Å². The average Bonchev–Trinajstić information content (AvgIpc) is 3.52. The number of aryl methyl sites for hydroxylation is 2. The first-order chi connectivity index (χ1) is 18.6. The van der Waals surface area contributed by atoms with Gasteiger partial charge in [-0.25, -0.2) is 4.98 Å². The number of aromatic nitrogens is 4. The molecule has 5 aromatic rings. The van der Waals surface area contributed by atoms with E-state index < -0.39 is 0 Å². The Bertz CT molecular complexity index is 1580. The Hall–Kier alpha value is -3.95. The predicted molar refractivity (Wildman–Crippen MR) is 148 cm³/mol. The van der Waals surface area contributed by atoms with Crippen molar-refractivity contribution in [3.63, 3.8) is 0 Å². The molecule has 3 N–H and O–H groups in total. The van der Waals surface area contributed by atoms with Gasteiger partial charge in [0.1, 0.15) is 17.3 Å². The minimum absolute atomic E-state index is 0.0314. The van der Waals surface area contributed by atoms with Gasteiger partial charge in [-0.05, 0) is 48.4 Å². The number of oxazole rings is 1. The highest BCUT2D eigenvalue weighted by Gasteiger charge is 2.22. The molecule has 1 aliphatic rings. The Labute approximate surface area is 221 Å². The normalized spacial score (nSPS) is 14.4. The smallest absolute Gasteiger partial charge is 0.232 e. The van der Waals surface area contributed by atoms with Crippen LogP contribution in [0.3, 0.4) is 0 Å². The zero-order valence-corrected chi connectivity index (χ0v) is 21.9. The summed E-state index contributed by atoms with van der Waals surface area (Å²) in [7, 11) is 1.95. The van der Waals surface area contributed by atoms with Crippen LogP contribution in [0.2, 0.25) is 0 Å². The van der Waals surface area contributed by atoms with E-state index in [1.165, 1.54) is 11.1 Å². The van der Waals surface area contributed by atoms with E-state index in [1.807, 2.05) is 38.4 Å². The van der Waals surface area contributed by atoms with Crippen LogP contribution < -0.4 is 15.4 Å². The fourth-order valence-electron chi connectivity index (χ4n) is 5.02. The van der Waals surface area contributed by atoms with Crippen molar-refractivity contribution in [3.8, 4) is 17.0 Å². The quantitative estimate of drug-likeness (QED) is 0.244. The molecule has 9 heteroatoms. The Balaban J connectivity index is 1.42. The summed E-state index contributed by atoms with van der Waals surface area (Å²) in [5, 5.41) is 7.51. The highest BCUT2D eigenvalue weighted by molar-refractivity contribution is 5.99. The minimum atomic E-state index is 0.0314. The van der Waals surface area contributed by atoms with Gasteiger partial charge in [0.25, 0.3) is 0 Å². The van der Waals surface area contributed by atoms with E-state index in [2.05, 4.69) is 45.7 Å². The molecule has 0 atom stereocenters. The second-order valence-electron chi connectivity index (χ2n) is 9.62. The molecule has 0 amide bonds. The fourth-order valence-corrected chi connectivity index (χ4v) is 5.02. The maximum atomic E-state index is 6.53. The van der Waals surface area contributed by atoms with Crippen LogP contribution in [0.15, 0.2) is 47.0 Å². The van der Waals surface area contributed by atoms with Gasteiger partial charge in [-0.15, -0.1) is 0 Å². The standard InChI is InChI=1S/C29H32N6O3/c1-4-19-13-18(15-30-3)5-7-23(19)33-29-34-27-26(28(35-29)38-21-9-11-36-12-10-21)22(16-31-27)20-6-8-24-25(14-20)37-17(2)32-24/h5-8,13-14,16,21,30H,4,9-12,15H2,1-3H3,(H2,31,33,34,35). The Morgan fingerprint density at radius 2 is 1.95 bits per heavy atom. The van der Waals surface area contributed by atoms with Gasteiger partial charge >= 0.3 is 0 Å². The highest BCUT2D eigenvalue weighted by atomic mass is 16.5. The predicted octanol–water partition coefficient (Wildman–Crippen LogP) is 5.66. The Morgan fingerprint density at radius 1 is 1.08 bits per heavy atom. The number of benzene rings is 2. The molecule has 0 unspecified atom stereocenters. The van der Waals surface area contributed by atoms with E-state index in [-0.39, 0.29) is 6.10 Å². The first-order valence-corrected chi connectivity index (χ1v) is 13.2. The first kappa shape index (κ1) is 24.4. The van der Waals surface area contributed by atoms with E-state index in [0.29, 0.717) is 36.6 Å². The molecule has 196 valence electrons.